The molecule has 2 fully saturated rings. The number of amides is 1. The van der Waals surface area contributed by atoms with Gasteiger partial charge in [-0.25, -0.2) is 4.39 Å². The summed E-state index contributed by atoms with van der Waals surface area (Å²) in [7, 11) is 0. The maximum Gasteiger partial charge on any atom is 0.224 e. The lowest BCUT2D eigenvalue weighted by molar-refractivity contribution is -0.117. The molecule has 2 aliphatic carbocycles. The minimum Gasteiger partial charge on any atom is -0.323 e. The topological polar surface area (TPSA) is 46.9 Å². The van der Waals surface area contributed by atoms with Gasteiger partial charge < -0.3 is 5.32 Å². The predicted molar refractivity (Wildman–Crippen MR) is 99.4 cm³/mol. The number of nitrogens with zero attached hydrogens (tertiary/aromatic N) is 2. The summed E-state index contributed by atoms with van der Waals surface area (Å²) in [6.07, 6.45) is 5.84. The number of nitrogens with one attached hydrogen (secondary N) is 1. The Morgan fingerprint density at radius 1 is 1.23 bits per heavy atom. The molecular formula is C21H26FN3O. The Morgan fingerprint density at radius 2 is 2.00 bits per heavy atom. The first-order chi connectivity index (χ1) is 12.5. The molecule has 3 atom stereocenters. The van der Waals surface area contributed by atoms with Crippen molar-refractivity contribution in [2.24, 2.45) is 17.8 Å². The van der Waals surface area contributed by atoms with Gasteiger partial charge in [-0.2, -0.15) is 5.10 Å². The number of carbonyl (C=O) groups is 1. The lowest BCUT2D eigenvalue weighted by Crippen LogP contribution is -2.20. The van der Waals surface area contributed by atoms with Crippen molar-refractivity contribution in [3.63, 3.8) is 0 Å². The third kappa shape index (κ3) is 3.39. The number of hydrogen-bond acceptors (Lipinski definition) is 2. The predicted octanol–water partition coefficient (Wildman–Crippen LogP) is 4.45. The highest BCUT2D eigenvalue weighted by Gasteiger charge is 2.40. The van der Waals surface area contributed by atoms with Gasteiger partial charge in [-0.05, 0) is 68.6 Å². The van der Waals surface area contributed by atoms with Crippen molar-refractivity contribution in [3.05, 3.63) is 47.0 Å². The number of anilines is 1. The van der Waals surface area contributed by atoms with Crippen LogP contribution >= 0.6 is 0 Å². The second kappa shape index (κ2) is 6.86. The van der Waals surface area contributed by atoms with E-state index in [1.54, 1.807) is 12.1 Å². The smallest absolute Gasteiger partial charge is 0.224 e. The van der Waals surface area contributed by atoms with Crippen LogP contribution < -0.4 is 5.32 Å². The molecule has 1 aromatic heterocycles. The van der Waals surface area contributed by atoms with Gasteiger partial charge in [0.1, 0.15) is 5.82 Å². The average Bonchev–Trinajstić information content (AvgIpc) is 3.29. The molecule has 0 saturated heterocycles. The molecule has 3 unspecified atom stereocenters. The van der Waals surface area contributed by atoms with Gasteiger partial charge in [0.2, 0.25) is 5.91 Å². The van der Waals surface area contributed by atoms with Crippen molar-refractivity contribution in [2.45, 2.75) is 52.5 Å². The van der Waals surface area contributed by atoms with Crippen LogP contribution in [0.4, 0.5) is 10.1 Å². The zero-order chi connectivity index (χ0) is 18.3. The van der Waals surface area contributed by atoms with Crippen LogP contribution in [0.2, 0.25) is 0 Å². The highest BCUT2D eigenvalue weighted by Crippen LogP contribution is 2.49. The number of carbonyl (C=O) groups excluding carboxylic acids is 1. The maximum atomic E-state index is 13.1. The lowest BCUT2D eigenvalue weighted by Gasteiger charge is -2.20. The van der Waals surface area contributed by atoms with Crippen LogP contribution in [0.5, 0.6) is 0 Å². The van der Waals surface area contributed by atoms with Crippen molar-refractivity contribution < 1.29 is 9.18 Å². The van der Waals surface area contributed by atoms with Gasteiger partial charge in [0.25, 0.3) is 0 Å². The van der Waals surface area contributed by atoms with Crippen LogP contribution in [0, 0.1) is 37.4 Å². The highest BCUT2D eigenvalue weighted by molar-refractivity contribution is 5.92. The molecule has 5 heteroatoms. The van der Waals surface area contributed by atoms with Crippen LogP contribution in [0.25, 0.3) is 0 Å². The van der Waals surface area contributed by atoms with E-state index in [2.05, 4.69) is 10.4 Å². The highest BCUT2D eigenvalue weighted by atomic mass is 19.1. The number of rotatable bonds is 5. The van der Waals surface area contributed by atoms with Gasteiger partial charge in [0.05, 0.1) is 23.6 Å². The Labute approximate surface area is 153 Å². The summed E-state index contributed by atoms with van der Waals surface area (Å²) in [4.78, 5) is 12.6. The fourth-order valence-electron chi connectivity index (χ4n) is 4.85. The van der Waals surface area contributed by atoms with E-state index in [0.29, 0.717) is 18.9 Å². The molecule has 1 aromatic carbocycles. The number of hydrogen-bond donors (Lipinski definition) is 1. The number of aryl methyl sites for hydroxylation is 1. The van der Waals surface area contributed by atoms with Crippen molar-refractivity contribution >= 4 is 11.6 Å². The molecule has 2 saturated carbocycles. The second-order valence-electron chi connectivity index (χ2n) is 8.02. The summed E-state index contributed by atoms with van der Waals surface area (Å²) >= 11 is 0. The molecule has 1 heterocycles. The zero-order valence-corrected chi connectivity index (χ0v) is 15.5. The van der Waals surface area contributed by atoms with Crippen LogP contribution in [-0.2, 0) is 11.3 Å². The van der Waals surface area contributed by atoms with E-state index in [-0.39, 0.29) is 11.7 Å². The van der Waals surface area contributed by atoms with Crippen LogP contribution in [0.3, 0.4) is 0 Å². The van der Waals surface area contributed by atoms with Crippen molar-refractivity contribution in [1.29, 1.82) is 0 Å². The van der Waals surface area contributed by atoms with Gasteiger partial charge in [0.15, 0.2) is 0 Å². The SMILES string of the molecule is Cc1nn(Cc2ccc(F)cc2)c(C)c1NC(=O)CC1CC2CCC1C2. The first kappa shape index (κ1) is 17.3. The fourth-order valence-corrected chi connectivity index (χ4v) is 4.85. The Kier molecular flexibility index (Phi) is 4.55. The van der Waals surface area contributed by atoms with Crippen molar-refractivity contribution in [1.82, 2.24) is 9.78 Å². The standard InChI is InChI=1S/C21H26FN3O/c1-13-21(23-20(26)11-18-10-16-3-6-17(18)9-16)14(2)25(24-13)12-15-4-7-19(22)8-5-15/h4-5,7-8,16-18H,3,6,9-12H2,1-2H3,(H,23,26). The number of fused-ring (bicyclic) bond motifs is 2. The van der Waals surface area contributed by atoms with Gasteiger partial charge in [-0.3, -0.25) is 9.48 Å². The lowest BCUT2D eigenvalue weighted by atomic mass is 9.86. The second-order valence-corrected chi connectivity index (χ2v) is 8.02. The van der Waals surface area contributed by atoms with Crippen LogP contribution in [0.15, 0.2) is 24.3 Å². The van der Waals surface area contributed by atoms with Gasteiger partial charge in [-0.15, -0.1) is 0 Å². The summed E-state index contributed by atoms with van der Waals surface area (Å²) in [6, 6.07) is 6.44. The monoisotopic (exact) mass is 355 g/mol. The summed E-state index contributed by atoms with van der Waals surface area (Å²) < 4.78 is 14.9. The third-order valence-electron chi connectivity index (χ3n) is 6.22. The van der Waals surface area contributed by atoms with Crippen molar-refractivity contribution in [3.8, 4) is 0 Å². The molecular weight excluding hydrogens is 329 g/mol. The van der Waals surface area contributed by atoms with Crippen LogP contribution in [0.1, 0.15) is 49.1 Å². The molecule has 0 aliphatic heterocycles. The molecule has 4 rings (SSSR count). The number of halogens is 1. The molecule has 1 N–H and O–H groups in total. The minimum atomic E-state index is -0.240. The first-order valence-electron chi connectivity index (χ1n) is 9.58. The molecule has 1 amide bonds. The van der Waals surface area contributed by atoms with E-state index < -0.39 is 0 Å². The van der Waals surface area contributed by atoms with Crippen molar-refractivity contribution in [2.75, 3.05) is 5.32 Å². The van der Waals surface area contributed by atoms with E-state index in [9.17, 15) is 9.18 Å². The summed E-state index contributed by atoms with van der Waals surface area (Å²) in [5.74, 6) is 2.04. The molecule has 26 heavy (non-hydrogen) atoms. The van der Waals surface area contributed by atoms with Gasteiger partial charge in [-0.1, -0.05) is 18.6 Å². The summed E-state index contributed by atoms with van der Waals surface area (Å²) in [6.45, 7) is 4.45. The average molecular weight is 355 g/mol. The molecule has 2 bridgehead atoms. The van der Waals surface area contributed by atoms with E-state index in [1.807, 2.05) is 18.5 Å². The number of benzene rings is 1. The van der Waals surface area contributed by atoms with Gasteiger partial charge >= 0.3 is 0 Å². The first-order valence-corrected chi connectivity index (χ1v) is 9.58. The Bertz CT molecular complexity index is 811. The normalized spacial score (nSPS) is 24.2. The quantitative estimate of drug-likeness (QED) is 0.861. The Hall–Kier alpha value is -2.17. The molecule has 2 aliphatic rings. The molecule has 4 nitrogen and oxygen atoms in total. The van der Waals surface area contributed by atoms with E-state index in [4.69, 9.17) is 0 Å². The minimum absolute atomic E-state index is 0.107. The Balaban J connectivity index is 1.42. The Morgan fingerprint density at radius 3 is 2.65 bits per heavy atom. The van der Waals surface area contributed by atoms with Gasteiger partial charge in [0, 0.05) is 6.42 Å². The largest absolute Gasteiger partial charge is 0.323 e. The maximum absolute atomic E-state index is 13.1. The third-order valence-corrected chi connectivity index (χ3v) is 6.22. The van der Waals surface area contributed by atoms with E-state index >= 15 is 0 Å². The zero-order valence-electron chi connectivity index (χ0n) is 15.5. The summed E-state index contributed by atoms with van der Waals surface area (Å²) in [5.41, 5.74) is 3.57. The van der Waals surface area contributed by atoms with E-state index in [1.165, 1.54) is 37.8 Å². The summed E-state index contributed by atoms with van der Waals surface area (Å²) in [5, 5.41) is 7.66. The fraction of sp³-hybridized carbons (Fsp3) is 0.524. The molecule has 138 valence electrons. The molecule has 0 spiro atoms. The van der Waals surface area contributed by atoms with E-state index in [0.717, 1.165) is 34.5 Å². The molecule has 0 radical (unpaired) electrons. The number of aromatic nitrogens is 2. The molecule has 2 aromatic rings. The van der Waals surface area contributed by atoms with Crippen LogP contribution in [-0.4, -0.2) is 15.7 Å².